The molecule has 0 aromatic carbocycles. The van der Waals surface area contributed by atoms with E-state index in [0.29, 0.717) is 11.6 Å². The molecule has 1 atom stereocenters. The number of nitrogens with zero attached hydrogens (tertiary/aromatic N) is 1. The number of rotatable bonds is 1. The Hall–Kier alpha value is -0.620. The van der Waals surface area contributed by atoms with E-state index in [-0.39, 0.29) is 17.4 Å². The van der Waals surface area contributed by atoms with E-state index in [1.807, 2.05) is 6.92 Å². The van der Waals surface area contributed by atoms with Gasteiger partial charge in [-0.05, 0) is 13.3 Å². The predicted molar refractivity (Wildman–Crippen MR) is 57.3 cm³/mol. The summed E-state index contributed by atoms with van der Waals surface area (Å²) in [5, 5.41) is 0.529. The SMILES string of the molecule is Cc1sc(N)nc1C1CCS(=O)(=O)C1. The number of hydrogen-bond donors (Lipinski definition) is 1. The minimum atomic E-state index is -2.83. The maximum atomic E-state index is 11.3. The molecule has 1 aliphatic heterocycles. The molecule has 2 N–H and O–H groups in total. The molecule has 2 rings (SSSR count). The molecule has 1 aromatic heterocycles. The second-order valence-corrected chi connectivity index (χ2v) is 7.06. The highest BCUT2D eigenvalue weighted by Gasteiger charge is 2.31. The van der Waals surface area contributed by atoms with Crippen LogP contribution in [-0.2, 0) is 9.84 Å². The summed E-state index contributed by atoms with van der Waals surface area (Å²) in [6, 6.07) is 0. The lowest BCUT2D eigenvalue weighted by Gasteiger charge is -2.03. The lowest BCUT2D eigenvalue weighted by molar-refractivity contribution is 0.601. The second kappa shape index (κ2) is 3.20. The van der Waals surface area contributed by atoms with Crippen molar-refractivity contribution in [3.8, 4) is 0 Å². The van der Waals surface area contributed by atoms with Gasteiger partial charge in [-0.15, -0.1) is 11.3 Å². The quantitative estimate of drug-likeness (QED) is 0.782. The van der Waals surface area contributed by atoms with Gasteiger partial charge in [0.1, 0.15) is 0 Å². The van der Waals surface area contributed by atoms with Crippen LogP contribution in [0.1, 0.15) is 22.9 Å². The van der Waals surface area contributed by atoms with Crippen LogP contribution in [0, 0.1) is 6.92 Å². The molecule has 4 nitrogen and oxygen atoms in total. The van der Waals surface area contributed by atoms with E-state index in [1.165, 1.54) is 11.3 Å². The van der Waals surface area contributed by atoms with Gasteiger partial charge in [0, 0.05) is 10.8 Å². The van der Waals surface area contributed by atoms with Crippen LogP contribution >= 0.6 is 11.3 Å². The molecule has 0 amide bonds. The Morgan fingerprint density at radius 3 is 2.71 bits per heavy atom. The minimum absolute atomic E-state index is 0.0635. The zero-order valence-corrected chi connectivity index (χ0v) is 9.49. The standard InChI is InChI=1S/C8H12N2O2S2/c1-5-7(10-8(9)13-5)6-2-3-14(11,12)4-6/h6H,2-4H2,1H3,(H2,9,10). The second-order valence-electron chi connectivity index (χ2n) is 3.59. The lowest BCUT2D eigenvalue weighted by atomic mass is 10.0. The fourth-order valence-electron chi connectivity index (χ4n) is 1.82. The van der Waals surface area contributed by atoms with Crippen LogP contribution in [0.2, 0.25) is 0 Å². The van der Waals surface area contributed by atoms with E-state index in [1.54, 1.807) is 0 Å². The summed E-state index contributed by atoms with van der Waals surface area (Å²) < 4.78 is 22.6. The van der Waals surface area contributed by atoms with Crippen molar-refractivity contribution in [2.45, 2.75) is 19.3 Å². The highest BCUT2D eigenvalue weighted by molar-refractivity contribution is 7.91. The van der Waals surface area contributed by atoms with Gasteiger partial charge >= 0.3 is 0 Å². The van der Waals surface area contributed by atoms with Crippen molar-refractivity contribution in [1.29, 1.82) is 0 Å². The number of nitrogen functional groups attached to an aromatic ring is 1. The molecule has 1 saturated heterocycles. The van der Waals surface area contributed by atoms with Crippen molar-refractivity contribution in [2.24, 2.45) is 0 Å². The van der Waals surface area contributed by atoms with Crippen molar-refractivity contribution < 1.29 is 8.42 Å². The lowest BCUT2D eigenvalue weighted by Crippen LogP contribution is -2.05. The molecule has 1 fully saturated rings. The highest BCUT2D eigenvalue weighted by atomic mass is 32.2. The van der Waals surface area contributed by atoms with Gasteiger partial charge in [0.15, 0.2) is 15.0 Å². The summed E-state index contributed by atoms with van der Waals surface area (Å²) in [6.07, 6.45) is 0.687. The summed E-state index contributed by atoms with van der Waals surface area (Å²) in [5.41, 5.74) is 6.46. The number of aromatic nitrogens is 1. The van der Waals surface area contributed by atoms with E-state index in [4.69, 9.17) is 5.73 Å². The van der Waals surface area contributed by atoms with Crippen molar-refractivity contribution in [2.75, 3.05) is 17.2 Å². The van der Waals surface area contributed by atoms with Crippen LogP contribution in [0.4, 0.5) is 5.13 Å². The summed E-state index contributed by atoms with van der Waals surface area (Å²) in [4.78, 5) is 5.24. The Bertz CT molecular complexity index is 450. The van der Waals surface area contributed by atoms with Gasteiger partial charge in [0.05, 0.1) is 17.2 Å². The van der Waals surface area contributed by atoms with Gasteiger partial charge in [0.25, 0.3) is 0 Å². The van der Waals surface area contributed by atoms with Crippen LogP contribution < -0.4 is 5.73 Å². The Kier molecular flexibility index (Phi) is 2.27. The van der Waals surface area contributed by atoms with Crippen LogP contribution in [0.25, 0.3) is 0 Å². The predicted octanol–water partition coefficient (Wildman–Crippen LogP) is 0.936. The Balaban J connectivity index is 2.30. The Labute approximate surface area is 87.1 Å². The molecule has 1 aliphatic rings. The summed E-state index contributed by atoms with van der Waals surface area (Å²) in [7, 11) is -2.83. The van der Waals surface area contributed by atoms with E-state index < -0.39 is 9.84 Å². The molecule has 0 saturated carbocycles. The largest absolute Gasteiger partial charge is 0.375 e. The molecule has 78 valence electrons. The number of anilines is 1. The average Bonchev–Trinajstić information content (AvgIpc) is 2.55. The third kappa shape index (κ3) is 1.76. The third-order valence-electron chi connectivity index (χ3n) is 2.47. The molecule has 14 heavy (non-hydrogen) atoms. The molecule has 6 heteroatoms. The van der Waals surface area contributed by atoms with E-state index >= 15 is 0 Å². The van der Waals surface area contributed by atoms with Gasteiger partial charge in [-0.25, -0.2) is 13.4 Å². The molecule has 1 aromatic rings. The molecule has 0 radical (unpaired) electrons. The fraction of sp³-hybridized carbons (Fsp3) is 0.625. The summed E-state index contributed by atoms with van der Waals surface area (Å²) in [6.45, 7) is 1.94. The molecular formula is C8H12N2O2S2. The first kappa shape index (κ1) is 9.92. The van der Waals surface area contributed by atoms with Gasteiger partial charge in [-0.2, -0.15) is 0 Å². The minimum Gasteiger partial charge on any atom is -0.375 e. The maximum Gasteiger partial charge on any atom is 0.180 e. The van der Waals surface area contributed by atoms with Crippen LogP contribution in [-0.4, -0.2) is 24.9 Å². The number of thiazole rings is 1. The zero-order chi connectivity index (χ0) is 10.3. The zero-order valence-electron chi connectivity index (χ0n) is 7.86. The molecular weight excluding hydrogens is 220 g/mol. The van der Waals surface area contributed by atoms with Crippen molar-refractivity contribution in [3.63, 3.8) is 0 Å². The molecule has 0 bridgehead atoms. The topological polar surface area (TPSA) is 73.0 Å². The number of hydrogen-bond acceptors (Lipinski definition) is 5. The van der Waals surface area contributed by atoms with Gasteiger partial charge in [-0.3, -0.25) is 0 Å². The van der Waals surface area contributed by atoms with E-state index in [2.05, 4.69) is 4.98 Å². The monoisotopic (exact) mass is 232 g/mol. The first-order valence-electron chi connectivity index (χ1n) is 4.41. The first-order valence-corrected chi connectivity index (χ1v) is 7.05. The average molecular weight is 232 g/mol. The Morgan fingerprint density at radius 1 is 1.57 bits per heavy atom. The van der Waals surface area contributed by atoms with E-state index in [9.17, 15) is 8.42 Å². The van der Waals surface area contributed by atoms with E-state index in [0.717, 1.165) is 10.6 Å². The normalized spacial score (nSPS) is 25.4. The number of nitrogens with two attached hydrogens (primary N) is 1. The molecule has 2 heterocycles. The fourth-order valence-corrected chi connectivity index (χ4v) is 4.34. The van der Waals surface area contributed by atoms with Crippen molar-refractivity contribution in [3.05, 3.63) is 10.6 Å². The number of sulfone groups is 1. The summed E-state index contributed by atoms with van der Waals surface area (Å²) >= 11 is 1.43. The highest BCUT2D eigenvalue weighted by Crippen LogP contribution is 2.33. The Morgan fingerprint density at radius 2 is 2.29 bits per heavy atom. The van der Waals surface area contributed by atoms with Gasteiger partial charge in [0.2, 0.25) is 0 Å². The molecule has 0 aliphatic carbocycles. The number of aryl methyl sites for hydroxylation is 1. The van der Waals surface area contributed by atoms with Crippen molar-refractivity contribution in [1.82, 2.24) is 4.98 Å². The first-order chi connectivity index (χ1) is 6.48. The summed E-state index contributed by atoms with van der Waals surface area (Å²) in [5.74, 6) is 0.583. The van der Waals surface area contributed by atoms with Crippen molar-refractivity contribution >= 4 is 26.3 Å². The van der Waals surface area contributed by atoms with Gasteiger partial charge < -0.3 is 5.73 Å². The van der Waals surface area contributed by atoms with Crippen LogP contribution in [0.5, 0.6) is 0 Å². The smallest absolute Gasteiger partial charge is 0.180 e. The third-order valence-corrected chi connectivity index (χ3v) is 5.05. The van der Waals surface area contributed by atoms with Gasteiger partial charge in [-0.1, -0.05) is 0 Å². The van der Waals surface area contributed by atoms with Crippen LogP contribution in [0.3, 0.4) is 0 Å². The molecule has 1 unspecified atom stereocenters. The van der Waals surface area contributed by atoms with Crippen LogP contribution in [0.15, 0.2) is 0 Å². The maximum absolute atomic E-state index is 11.3. The molecule has 0 spiro atoms.